The molecular weight excluding hydrogens is 809 g/mol. The molecule has 0 unspecified atom stereocenters. The Hall–Kier alpha value is -8.61. The van der Waals surface area contributed by atoms with Crippen LogP contribution in [0.25, 0.3) is 100 Å². The lowest BCUT2D eigenvalue weighted by Crippen LogP contribution is -2.30. The van der Waals surface area contributed by atoms with Crippen LogP contribution in [-0.4, -0.2) is 15.0 Å². The fourth-order valence-corrected chi connectivity index (χ4v) is 9.88. The molecule has 0 atom stereocenters. The molecular formula is C60H40N4O2. The monoisotopic (exact) mass is 848 g/mol. The highest BCUT2D eigenvalue weighted by molar-refractivity contribution is 6.07. The van der Waals surface area contributed by atoms with E-state index in [0.29, 0.717) is 17.5 Å². The quantitative estimate of drug-likeness (QED) is 0.166. The van der Waals surface area contributed by atoms with E-state index in [0.717, 1.165) is 99.9 Å². The molecule has 6 heteroatoms. The molecule has 0 aliphatic carbocycles. The summed E-state index contributed by atoms with van der Waals surface area (Å²) in [6, 6.07) is 72.3. The maximum atomic E-state index is 6.22. The predicted molar refractivity (Wildman–Crippen MR) is 268 cm³/mol. The van der Waals surface area contributed by atoms with Crippen LogP contribution in [0.4, 0.5) is 17.1 Å². The molecule has 0 fully saturated rings. The van der Waals surface area contributed by atoms with E-state index in [1.54, 1.807) is 0 Å². The summed E-state index contributed by atoms with van der Waals surface area (Å²) in [5, 5.41) is 4.47. The average Bonchev–Trinajstić information content (AvgIpc) is 3.95. The fraction of sp³-hybridized carbons (Fsp3) is 0.0500. The first-order valence-electron chi connectivity index (χ1n) is 22.3. The van der Waals surface area contributed by atoms with Crippen LogP contribution < -0.4 is 4.90 Å². The molecule has 312 valence electrons. The molecule has 66 heavy (non-hydrogen) atoms. The van der Waals surface area contributed by atoms with Gasteiger partial charge in [-0.3, -0.25) is 0 Å². The molecule has 0 spiro atoms. The zero-order valence-corrected chi connectivity index (χ0v) is 36.2. The number of hydrogen-bond donors (Lipinski definition) is 0. The third kappa shape index (κ3) is 6.14. The summed E-state index contributed by atoms with van der Waals surface area (Å²) >= 11 is 0. The first-order chi connectivity index (χ1) is 32.4. The molecule has 4 heterocycles. The molecule has 6 nitrogen and oxygen atoms in total. The number of rotatable bonds is 6. The number of para-hydroxylation sites is 2. The van der Waals surface area contributed by atoms with E-state index in [1.165, 1.54) is 11.1 Å². The lowest BCUT2D eigenvalue weighted by atomic mass is 9.72. The van der Waals surface area contributed by atoms with Crippen molar-refractivity contribution in [2.24, 2.45) is 0 Å². The largest absolute Gasteiger partial charge is 0.456 e. The zero-order valence-electron chi connectivity index (χ0n) is 36.2. The van der Waals surface area contributed by atoms with Gasteiger partial charge in [-0.1, -0.05) is 135 Å². The smallest absolute Gasteiger partial charge is 0.164 e. The van der Waals surface area contributed by atoms with Gasteiger partial charge in [0.15, 0.2) is 17.5 Å². The Balaban J connectivity index is 0.956. The molecule has 0 radical (unpaired) electrons. The van der Waals surface area contributed by atoms with Gasteiger partial charge in [0.25, 0.3) is 0 Å². The van der Waals surface area contributed by atoms with Gasteiger partial charge in [0.2, 0.25) is 0 Å². The Kier molecular flexibility index (Phi) is 8.46. The van der Waals surface area contributed by atoms with Crippen molar-refractivity contribution in [3.8, 4) is 56.4 Å². The second kappa shape index (κ2) is 14.7. The van der Waals surface area contributed by atoms with Gasteiger partial charge in [-0.15, -0.1) is 0 Å². The van der Waals surface area contributed by atoms with Crippen molar-refractivity contribution in [2.75, 3.05) is 4.90 Å². The summed E-state index contributed by atoms with van der Waals surface area (Å²) in [6.45, 7) is 4.71. The van der Waals surface area contributed by atoms with Gasteiger partial charge in [-0.25, -0.2) is 15.0 Å². The van der Waals surface area contributed by atoms with Gasteiger partial charge < -0.3 is 13.7 Å². The average molecular weight is 849 g/mol. The number of hydrogen-bond acceptors (Lipinski definition) is 6. The van der Waals surface area contributed by atoms with Crippen LogP contribution >= 0.6 is 0 Å². The molecule has 0 saturated carbocycles. The molecule has 12 aromatic rings. The second-order valence-electron chi connectivity index (χ2n) is 17.6. The molecule has 1 aliphatic rings. The van der Waals surface area contributed by atoms with Crippen LogP contribution in [0.1, 0.15) is 25.0 Å². The third-order valence-electron chi connectivity index (χ3n) is 13.3. The van der Waals surface area contributed by atoms with E-state index < -0.39 is 0 Å². The van der Waals surface area contributed by atoms with E-state index in [4.69, 9.17) is 23.8 Å². The van der Waals surface area contributed by atoms with Gasteiger partial charge in [-0.2, -0.15) is 0 Å². The minimum absolute atomic E-state index is 0.363. The number of nitrogens with zero attached hydrogens (tertiary/aromatic N) is 4. The van der Waals surface area contributed by atoms with E-state index in [-0.39, 0.29) is 5.41 Å². The molecule has 13 rings (SSSR count). The third-order valence-corrected chi connectivity index (χ3v) is 13.3. The van der Waals surface area contributed by atoms with Crippen molar-refractivity contribution in [3.05, 3.63) is 217 Å². The lowest BCUT2D eigenvalue weighted by Gasteiger charge is -2.42. The topological polar surface area (TPSA) is 68.2 Å². The van der Waals surface area contributed by atoms with E-state index in [2.05, 4.69) is 140 Å². The highest BCUT2D eigenvalue weighted by atomic mass is 16.3. The minimum Gasteiger partial charge on any atom is -0.456 e. The first kappa shape index (κ1) is 37.9. The highest BCUT2D eigenvalue weighted by Crippen LogP contribution is 2.54. The van der Waals surface area contributed by atoms with Gasteiger partial charge in [0.05, 0.1) is 11.4 Å². The number of anilines is 3. The van der Waals surface area contributed by atoms with Gasteiger partial charge in [-0.05, 0) is 118 Å². The van der Waals surface area contributed by atoms with Gasteiger partial charge in [0, 0.05) is 49.3 Å². The van der Waals surface area contributed by atoms with Crippen LogP contribution in [0.15, 0.2) is 215 Å². The maximum absolute atomic E-state index is 6.22. The van der Waals surface area contributed by atoms with Crippen molar-refractivity contribution in [3.63, 3.8) is 0 Å². The summed E-state index contributed by atoms with van der Waals surface area (Å²) in [4.78, 5) is 17.4. The second-order valence-corrected chi connectivity index (χ2v) is 17.6. The van der Waals surface area contributed by atoms with E-state index in [9.17, 15) is 0 Å². The van der Waals surface area contributed by atoms with Gasteiger partial charge >= 0.3 is 0 Å². The van der Waals surface area contributed by atoms with E-state index in [1.807, 2.05) is 84.9 Å². The molecule has 9 aromatic carbocycles. The Labute approximate surface area is 381 Å². The Morgan fingerprint density at radius 3 is 1.17 bits per heavy atom. The lowest BCUT2D eigenvalue weighted by molar-refractivity contribution is 0.632. The van der Waals surface area contributed by atoms with Crippen molar-refractivity contribution < 1.29 is 8.83 Å². The molecule has 0 amide bonds. The Morgan fingerprint density at radius 1 is 0.333 bits per heavy atom. The SMILES string of the molecule is CC1(C)c2cc(-c3ccc4oc5ccccc5c4c3)ccc2N(c2ccc(-c3nc(-c4ccccc4)nc(-c4ccccc4)n3)cc2)c2ccc(-c3ccc4oc5ccccc5c4c3)cc21. The van der Waals surface area contributed by atoms with Crippen molar-refractivity contribution in [2.45, 2.75) is 19.3 Å². The predicted octanol–water partition coefficient (Wildman–Crippen LogP) is 16.1. The molecule has 1 aliphatic heterocycles. The van der Waals surface area contributed by atoms with Crippen LogP contribution in [0, 0.1) is 0 Å². The van der Waals surface area contributed by atoms with Crippen molar-refractivity contribution >= 4 is 60.9 Å². The zero-order chi connectivity index (χ0) is 43.9. The Morgan fingerprint density at radius 2 is 0.697 bits per heavy atom. The summed E-state index contributed by atoms with van der Waals surface area (Å²) in [5.41, 5.74) is 16.4. The number of benzene rings is 9. The summed E-state index contributed by atoms with van der Waals surface area (Å²) in [7, 11) is 0. The van der Waals surface area contributed by atoms with Crippen LogP contribution in [0.3, 0.4) is 0 Å². The maximum Gasteiger partial charge on any atom is 0.164 e. The highest BCUT2D eigenvalue weighted by Gasteiger charge is 2.37. The van der Waals surface area contributed by atoms with Crippen LogP contribution in [0.5, 0.6) is 0 Å². The minimum atomic E-state index is -0.363. The number of furan rings is 2. The van der Waals surface area contributed by atoms with Crippen LogP contribution in [0.2, 0.25) is 0 Å². The summed E-state index contributed by atoms with van der Waals surface area (Å²) < 4.78 is 12.4. The molecule has 0 bridgehead atoms. The summed E-state index contributed by atoms with van der Waals surface area (Å²) in [6.07, 6.45) is 0. The molecule has 3 aromatic heterocycles. The first-order valence-corrected chi connectivity index (χ1v) is 22.3. The fourth-order valence-electron chi connectivity index (χ4n) is 9.88. The normalized spacial score (nSPS) is 13.1. The summed E-state index contributed by atoms with van der Waals surface area (Å²) in [5.74, 6) is 1.89. The van der Waals surface area contributed by atoms with E-state index >= 15 is 0 Å². The standard InChI is InChI=1S/C60H40N4O2/c1-60(2)49-35-42(40-25-31-55-47(33-40)45-17-9-11-19-53(45)65-55)23-29-51(49)64(52-30-24-43(36-50(52)60)41-26-32-56-48(34-41)46-18-10-12-20-54(46)66-56)44-27-21-39(22-28-44)59-62-57(37-13-5-3-6-14-37)61-58(63-59)38-15-7-4-8-16-38/h3-36H,1-2H3. The Bertz CT molecular complexity index is 3630. The van der Waals surface area contributed by atoms with Gasteiger partial charge in [0.1, 0.15) is 22.3 Å². The molecule has 0 saturated heterocycles. The van der Waals surface area contributed by atoms with Crippen molar-refractivity contribution in [1.29, 1.82) is 0 Å². The van der Waals surface area contributed by atoms with Crippen molar-refractivity contribution in [1.82, 2.24) is 15.0 Å². The number of aromatic nitrogens is 3. The number of fused-ring (bicyclic) bond motifs is 8. The molecule has 0 N–H and O–H groups in total. The van der Waals surface area contributed by atoms with Crippen LogP contribution in [-0.2, 0) is 5.41 Å².